The van der Waals surface area contributed by atoms with Crippen molar-refractivity contribution in [1.29, 1.82) is 0 Å². The Hall–Kier alpha value is -2.87. The number of methoxy groups -OCH3 is 1. The summed E-state index contributed by atoms with van der Waals surface area (Å²) in [6, 6.07) is 23.5. The highest BCUT2D eigenvalue weighted by atomic mass is 16.5. The molecule has 118 valence electrons. The van der Waals surface area contributed by atoms with Crippen LogP contribution in [0, 0.1) is 0 Å². The number of benzene rings is 3. The molecule has 3 aromatic carbocycles. The van der Waals surface area contributed by atoms with E-state index in [9.17, 15) is 0 Å². The molecular weight excluding hydrogens is 294 g/mol. The van der Waals surface area contributed by atoms with Gasteiger partial charge in [0.15, 0.2) is 11.9 Å². The summed E-state index contributed by atoms with van der Waals surface area (Å²) in [6.07, 6.45) is 2.11. The number of pyridine rings is 1. The van der Waals surface area contributed by atoms with E-state index in [-0.39, 0.29) is 0 Å². The highest BCUT2D eigenvalue weighted by Crippen LogP contribution is 2.38. The van der Waals surface area contributed by atoms with E-state index in [4.69, 9.17) is 4.74 Å². The first-order chi connectivity index (χ1) is 11.8. The van der Waals surface area contributed by atoms with E-state index in [1.165, 1.54) is 21.7 Å². The van der Waals surface area contributed by atoms with Crippen LogP contribution in [-0.4, -0.2) is 7.11 Å². The number of aromatic nitrogens is 1. The Bertz CT molecular complexity index is 1030. The van der Waals surface area contributed by atoms with Gasteiger partial charge in [-0.2, -0.15) is 4.57 Å². The van der Waals surface area contributed by atoms with Gasteiger partial charge in [0.05, 0.1) is 12.5 Å². The van der Waals surface area contributed by atoms with Crippen LogP contribution in [0.3, 0.4) is 0 Å². The van der Waals surface area contributed by atoms with Gasteiger partial charge in [0, 0.05) is 11.6 Å². The molecule has 0 saturated carbocycles. The van der Waals surface area contributed by atoms with Crippen LogP contribution in [0.4, 0.5) is 0 Å². The fraction of sp³-hybridized carbons (Fsp3) is 0.136. The van der Waals surface area contributed by atoms with Gasteiger partial charge in [-0.1, -0.05) is 42.5 Å². The second-order valence-corrected chi connectivity index (χ2v) is 5.91. The van der Waals surface area contributed by atoms with Gasteiger partial charge in [0.2, 0.25) is 0 Å². The first-order valence-corrected chi connectivity index (χ1v) is 8.30. The molecule has 0 bridgehead atoms. The standard InChI is InChI=1S/C22H20NO/c1-3-23-15-7-10-17-13-14-20(22(24-2)21(17)23)19-12-6-9-16-8-4-5-11-18(16)19/h4-15H,3H2,1-2H3/q+1. The highest BCUT2D eigenvalue weighted by Gasteiger charge is 2.19. The lowest BCUT2D eigenvalue weighted by atomic mass is 9.96. The molecule has 4 aromatic rings. The zero-order valence-electron chi connectivity index (χ0n) is 14.0. The van der Waals surface area contributed by atoms with Crippen LogP contribution in [0.5, 0.6) is 5.75 Å². The fourth-order valence-corrected chi connectivity index (χ4v) is 3.48. The summed E-state index contributed by atoms with van der Waals surface area (Å²) >= 11 is 0. The molecule has 0 aliphatic heterocycles. The van der Waals surface area contributed by atoms with Crippen LogP contribution in [0.15, 0.2) is 72.9 Å². The molecule has 2 nitrogen and oxygen atoms in total. The van der Waals surface area contributed by atoms with Gasteiger partial charge in [-0.25, -0.2) is 0 Å². The molecule has 0 aliphatic carbocycles. The van der Waals surface area contributed by atoms with Crippen molar-refractivity contribution in [2.45, 2.75) is 13.5 Å². The maximum atomic E-state index is 5.88. The van der Waals surface area contributed by atoms with Gasteiger partial charge >= 0.3 is 0 Å². The molecule has 1 aromatic heterocycles. The average Bonchev–Trinajstić information content (AvgIpc) is 2.66. The Morgan fingerprint density at radius 2 is 1.58 bits per heavy atom. The lowest BCUT2D eigenvalue weighted by Gasteiger charge is -2.13. The van der Waals surface area contributed by atoms with Crippen LogP contribution in [0.25, 0.3) is 32.8 Å². The number of rotatable bonds is 3. The minimum absolute atomic E-state index is 0.909. The molecular formula is C22H20NO+. The number of fused-ring (bicyclic) bond motifs is 2. The predicted octanol–water partition coefficient (Wildman–Crippen LogP) is 4.98. The van der Waals surface area contributed by atoms with Gasteiger partial charge in [0.1, 0.15) is 6.54 Å². The van der Waals surface area contributed by atoms with Gasteiger partial charge < -0.3 is 4.74 Å². The van der Waals surface area contributed by atoms with Gasteiger partial charge in [-0.05, 0) is 41.5 Å². The van der Waals surface area contributed by atoms with Crippen LogP contribution < -0.4 is 9.30 Å². The van der Waals surface area contributed by atoms with Crippen molar-refractivity contribution in [1.82, 2.24) is 0 Å². The van der Waals surface area contributed by atoms with E-state index < -0.39 is 0 Å². The Morgan fingerprint density at radius 3 is 2.42 bits per heavy atom. The van der Waals surface area contributed by atoms with Gasteiger partial charge in [-0.15, -0.1) is 0 Å². The Labute approximate surface area is 141 Å². The van der Waals surface area contributed by atoms with E-state index in [0.717, 1.165) is 23.4 Å². The molecule has 0 amide bonds. The maximum Gasteiger partial charge on any atom is 0.255 e. The Kier molecular flexibility index (Phi) is 3.66. The monoisotopic (exact) mass is 314 g/mol. The van der Waals surface area contributed by atoms with Crippen molar-refractivity contribution in [3.63, 3.8) is 0 Å². The maximum absolute atomic E-state index is 5.88. The van der Waals surface area contributed by atoms with Gasteiger partial charge in [0.25, 0.3) is 5.52 Å². The summed E-state index contributed by atoms with van der Waals surface area (Å²) in [7, 11) is 1.76. The van der Waals surface area contributed by atoms with Crippen molar-refractivity contribution in [3.8, 4) is 16.9 Å². The molecule has 0 spiro atoms. The Morgan fingerprint density at radius 1 is 0.792 bits per heavy atom. The molecule has 4 rings (SSSR count). The van der Waals surface area contributed by atoms with Crippen molar-refractivity contribution >= 4 is 21.7 Å². The zero-order valence-corrected chi connectivity index (χ0v) is 14.0. The molecule has 0 aliphatic rings. The zero-order chi connectivity index (χ0) is 16.5. The summed E-state index contributed by atoms with van der Waals surface area (Å²) in [5, 5.41) is 3.69. The fourth-order valence-electron chi connectivity index (χ4n) is 3.48. The van der Waals surface area contributed by atoms with Crippen LogP contribution in [-0.2, 0) is 6.54 Å². The first kappa shape index (κ1) is 14.7. The smallest absolute Gasteiger partial charge is 0.255 e. The number of hydrogen-bond acceptors (Lipinski definition) is 1. The molecule has 0 fully saturated rings. The summed E-state index contributed by atoms with van der Waals surface area (Å²) in [6.45, 7) is 3.07. The number of ether oxygens (including phenoxy) is 1. The molecule has 0 N–H and O–H groups in total. The molecule has 2 heteroatoms. The third-order valence-electron chi connectivity index (χ3n) is 4.62. The molecule has 1 heterocycles. The predicted molar refractivity (Wildman–Crippen MR) is 99.3 cm³/mol. The van der Waals surface area contributed by atoms with Gasteiger partial charge in [-0.3, -0.25) is 0 Å². The number of nitrogens with zero attached hydrogens (tertiary/aromatic N) is 1. The van der Waals surface area contributed by atoms with E-state index in [1.807, 2.05) is 0 Å². The average molecular weight is 314 g/mol. The minimum atomic E-state index is 0.909. The number of hydrogen-bond donors (Lipinski definition) is 0. The molecule has 0 unspecified atom stereocenters. The van der Waals surface area contributed by atoms with Crippen molar-refractivity contribution in [2.75, 3.05) is 7.11 Å². The van der Waals surface area contributed by atoms with Crippen molar-refractivity contribution in [3.05, 3.63) is 72.9 Å². The van der Waals surface area contributed by atoms with Crippen molar-refractivity contribution in [2.24, 2.45) is 0 Å². The first-order valence-electron chi connectivity index (χ1n) is 8.30. The third-order valence-corrected chi connectivity index (χ3v) is 4.62. The lowest BCUT2D eigenvalue weighted by molar-refractivity contribution is -0.668. The quantitative estimate of drug-likeness (QED) is 0.486. The van der Waals surface area contributed by atoms with E-state index >= 15 is 0 Å². The van der Waals surface area contributed by atoms with E-state index in [1.54, 1.807) is 7.11 Å². The second kappa shape index (κ2) is 5.97. The lowest BCUT2D eigenvalue weighted by Crippen LogP contribution is -2.32. The summed E-state index contributed by atoms with van der Waals surface area (Å²) in [5.41, 5.74) is 3.49. The molecule has 0 radical (unpaired) electrons. The second-order valence-electron chi connectivity index (χ2n) is 5.91. The number of aryl methyl sites for hydroxylation is 1. The SMILES string of the molecule is CC[n+]1cccc2ccc(-c3cccc4ccccc34)c(OC)c21. The molecule has 0 atom stereocenters. The van der Waals surface area contributed by atoms with Crippen LogP contribution in [0.2, 0.25) is 0 Å². The van der Waals surface area contributed by atoms with Crippen LogP contribution in [0.1, 0.15) is 6.92 Å². The Balaban J connectivity index is 2.10. The van der Waals surface area contributed by atoms with Crippen LogP contribution >= 0.6 is 0 Å². The highest BCUT2D eigenvalue weighted by molar-refractivity contribution is 6.01. The third kappa shape index (κ3) is 2.23. The van der Waals surface area contributed by atoms with E-state index in [2.05, 4.69) is 84.4 Å². The van der Waals surface area contributed by atoms with E-state index in [0.29, 0.717) is 0 Å². The normalized spacial score (nSPS) is 11.1. The molecule has 0 saturated heterocycles. The largest absolute Gasteiger partial charge is 0.490 e. The summed E-state index contributed by atoms with van der Waals surface area (Å²) in [5.74, 6) is 0.936. The summed E-state index contributed by atoms with van der Waals surface area (Å²) in [4.78, 5) is 0. The summed E-state index contributed by atoms with van der Waals surface area (Å²) < 4.78 is 8.12. The van der Waals surface area contributed by atoms with Crippen molar-refractivity contribution < 1.29 is 9.30 Å². The topological polar surface area (TPSA) is 13.1 Å². The minimum Gasteiger partial charge on any atom is -0.490 e. The molecule has 24 heavy (non-hydrogen) atoms.